The number of sulfonamides is 1. The van der Waals surface area contributed by atoms with Crippen molar-refractivity contribution in [2.75, 3.05) is 6.54 Å². The maximum Gasteiger partial charge on any atom is 0.326 e. The minimum absolute atomic E-state index is 0.0830. The van der Waals surface area contributed by atoms with Crippen LogP contribution >= 0.6 is 15.9 Å². The van der Waals surface area contributed by atoms with Gasteiger partial charge < -0.3 is 10.0 Å². The van der Waals surface area contributed by atoms with E-state index in [-0.39, 0.29) is 10.5 Å². The van der Waals surface area contributed by atoms with Crippen molar-refractivity contribution in [3.05, 3.63) is 28.2 Å². The van der Waals surface area contributed by atoms with E-state index in [2.05, 4.69) is 15.9 Å². The van der Waals surface area contributed by atoms with Crippen molar-refractivity contribution in [3.8, 4) is 0 Å². The minimum atomic E-state index is -3.94. The van der Waals surface area contributed by atoms with E-state index < -0.39 is 27.9 Å². The average molecular weight is 391 g/mol. The quantitative estimate of drug-likeness (QED) is 0.802. The van der Waals surface area contributed by atoms with Crippen molar-refractivity contribution in [1.82, 2.24) is 4.90 Å². The van der Waals surface area contributed by atoms with Gasteiger partial charge in [-0.1, -0.05) is 0 Å². The van der Waals surface area contributed by atoms with Crippen LogP contribution in [0.3, 0.4) is 0 Å². The Bertz CT molecular complexity index is 719. The zero-order valence-electron chi connectivity index (χ0n) is 11.5. The van der Waals surface area contributed by atoms with Gasteiger partial charge in [0.15, 0.2) is 0 Å². The lowest BCUT2D eigenvalue weighted by Gasteiger charge is -2.33. The topological polar surface area (TPSA) is 118 Å². The molecule has 0 saturated carbocycles. The van der Waals surface area contributed by atoms with Gasteiger partial charge in [-0.3, -0.25) is 4.79 Å². The highest BCUT2D eigenvalue weighted by Gasteiger charge is 2.33. The van der Waals surface area contributed by atoms with E-state index in [0.717, 1.165) is 12.5 Å². The van der Waals surface area contributed by atoms with Crippen molar-refractivity contribution in [2.45, 2.75) is 30.2 Å². The van der Waals surface area contributed by atoms with E-state index in [1.54, 1.807) is 0 Å². The molecule has 120 valence electrons. The number of nitrogens with zero attached hydrogens (tertiary/aromatic N) is 1. The van der Waals surface area contributed by atoms with E-state index in [0.29, 0.717) is 23.9 Å². The standard InChI is InChI=1S/C13H15BrN2O5S/c14-10-5-4-8(22(15,20)21)7-9(10)12(17)16-6-2-1-3-11(16)13(18)19/h4-5,7,11H,1-3,6H2,(H,18,19)(H2,15,20,21). The maximum atomic E-state index is 12.6. The van der Waals surface area contributed by atoms with Gasteiger partial charge in [0.05, 0.1) is 10.5 Å². The Morgan fingerprint density at radius 2 is 2.00 bits per heavy atom. The molecule has 1 saturated heterocycles. The predicted octanol–water partition coefficient (Wildman–Crippen LogP) is 1.18. The van der Waals surface area contributed by atoms with Crippen molar-refractivity contribution in [3.63, 3.8) is 0 Å². The summed E-state index contributed by atoms with van der Waals surface area (Å²) in [6, 6.07) is 2.95. The van der Waals surface area contributed by atoms with E-state index in [1.807, 2.05) is 0 Å². The molecule has 2 rings (SSSR count). The van der Waals surface area contributed by atoms with Crippen LogP contribution in [0.1, 0.15) is 29.6 Å². The molecule has 1 aliphatic rings. The number of benzene rings is 1. The summed E-state index contributed by atoms with van der Waals surface area (Å²) < 4.78 is 23.2. The van der Waals surface area contributed by atoms with Crippen LogP contribution in [0.15, 0.2) is 27.6 Å². The number of primary sulfonamides is 1. The second-order valence-electron chi connectivity index (χ2n) is 5.04. The third-order valence-electron chi connectivity index (χ3n) is 3.55. The molecule has 1 heterocycles. The van der Waals surface area contributed by atoms with Crippen LogP contribution in [0.2, 0.25) is 0 Å². The number of rotatable bonds is 3. The number of amides is 1. The van der Waals surface area contributed by atoms with Crippen molar-refractivity contribution in [1.29, 1.82) is 0 Å². The summed E-state index contributed by atoms with van der Waals surface area (Å²) in [7, 11) is -3.94. The van der Waals surface area contributed by atoms with Gasteiger partial charge in [-0.2, -0.15) is 0 Å². The van der Waals surface area contributed by atoms with Crippen LogP contribution in [-0.4, -0.2) is 42.9 Å². The monoisotopic (exact) mass is 390 g/mol. The number of aliphatic carboxylic acids is 1. The molecule has 0 radical (unpaired) electrons. The summed E-state index contributed by atoms with van der Waals surface area (Å²) in [5.41, 5.74) is 0.0830. The zero-order valence-corrected chi connectivity index (χ0v) is 13.9. The second-order valence-corrected chi connectivity index (χ2v) is 7.45. The smallest absolute Gasteiger partial charge is 0.326 e. The first-order chi connectivity index (χ1) is 10.2. The molecule has 1 aromatic carbocycles. The van der Waals surface area contributed by atoms with Gasteiger partial charge in [-0.15, -0.1) is 0 Å². The molecule has 22 heavy (non-hydrogen) atoms. The Morgan fingerprint density at radius 1 is 1.32 bits per heavy atom. The SMILES string of the molecule is NS(=O)(=O)c1ccc(Br)c(C(=O)N2CCCCC2C(=O)O)c1. The first-order valence-corrected chi connectivity index (χ1v) is 8.92. The lowest BCUT2D eigenvalue weighted by molar-refractivity contribution is -0.143. The van der Waals surface area contributed by atoms with Gasteiger partial charge in [-0.25, -0.2) is 18.4 Å². The number of hydrogen-bond donors (Lipinski definition) is 2. The number of nitrogens with two attached hydrogens (primary N) is 1. The van der Waals surface area contributed by atoms with Gasteiger partial charge in [0.1, 0.15) is 6.04 Å². The highest BCUT2D eigenvalue weighted by atomic mass is 79.9. The zero-order chi connectivity index (χ0) is 16.5. The lowest BCUT2D eigenvalue weighted by atomic mass is 10.0. The molecule has 0 aromatic heterocycles. The van der Waals surface area contributed by atoms with Gasteiger partial charge in [0.25, 0.3) is 5.91 Å². The van der Waals surface area contributed by atoms with E-state index >= 15 is 0 Å². The molecule has 0 bridgehead atoms. The highest BCUT2D eigenvalue weighted by Crippen LogP contribution is 2.25. The van der Waals surface area contributed by atoms with Crippen molar-refractivity contribution in [2.24, 2.45) is 5.14 Å². The first kappa shape index (κ1) is 16.9. The fourth-order valence-corrected chi connectivity index (χ4v) is 3.39. The summed E-state index contributed by atoms with van der Waals surface area (Å²) in [6.45, 7) is 0.321. The second kappa shape index (κ2) is 6.35. The number of hydrogen-bond acceptors (Lipinski definition) is 4. The highest BCUT2D eigenvalue weighted by molar-refractivity contribution is 9.10. The molecular weight excluding hydrogens is 376 g/mol. The van der Waals surface area contributed by atoms with Gasteiger partial charge in [0.2, 0.25) is 10.0 Å². The number of carbonyl (C=O) groups excluding carboxylic acids is 1. The van der Waals surface area contributed by atoms with Crippen molar-refractivity contribution < 1.29 is 23.1 Å². The molecule has 0 aliphatic carbocycles. The predicted molar refractivity (Wildman–Crippen MR) is 81.8 cm³/mol. The van der Waals surface area contributed by atoms with Gasteiger partial charge >= 0.3 is 5.97 Å². The van der Waals surface area contributed by atoms with E-state index in [4.69, 9.17) is 5.14 Å². The van der Waals surface area contributed by atoms with Gasteiger partial charge in [-0.05, 0) is 53.4 Å². The molecule has 3 N–H and O–H groups in total. The summed E-state index contributed by atoms with van der Waals surface area (Å²) in [4.78, 5) is 25.0. The Balaban J connectivity index is 2.42. The van der Waals surface area contributed by atoms with E-state index in [9.17, 15) is 23.1 Å². The summed E-state index contributed by atoms with van der Waals surface area (Å²) in [6.07, 6.45) is 1.83. The Hall–Kier alpha value is -1.45. The molecule has 1 aromatic rings. The normalized spacial score (nSPS) is 19.0. The van der Waals surface area contributed by atoms with E-state index in [1.165, 1.54) is 17.0 Å². The Labute approximate surface area is 136 Å². The van der Waals surface area contributed by atoms with Crippen LogP contribution in [0.4, 0.5) is 0 Å². The van der Waals surface area contributed by atoms with Crippen LogP contribution in [0.5, 0.6) is 0 Å². The molecule has 1 unspecified atom stereocenters. The summed E-state index contributed by atoms with van der Waals surface area (Å²) in [5, 5.41) is 14.3. The molecule has 0 spiro atoms. The average Bonchev–Trinajstić information content (AvgIpc) is 2.45. The van der Waals surface area contributed by atoms with Crippen LogP contribution in [-0.2, 0) is 14.8 Å². The molecule has 1 fully saturated rings. The Morgan fingerprint density at radius 3 is 2.59 bits per heavy atom. The number of carboxylic acid groups (broad SMARTS) is 1. The maximum absolute atomic E-state index is 12.6. The van der Waals surface area contributed by atoms with Crippen molar-refractivity contribution >= 4 is 37.8 Å². The van der Waals surface area contributed by atoms with Gasteiger partial charge in [0, 0.05) is 11.0 Å². The fourth-order valence-electron chi connectivity index (χ4n) is 2.43. The largest absolute Gasteiger partial charge is 0.480 e. The number of halogens is 1. The summed E-state index contributed by atoms with van der Waals surface area (Å²) >= 11 is 3.19. The molecule has 1 amide bonds. The lowest BCUT2D eigenvalue weighted by Crippen LogP contribution is -2.48. The first-order valence-electron chi connectivity index (χ1n) is 6.58. The number of carboxylic acids is 1. The molecule has 9 heteroatoms. The molecular formula is C13H15BrN2O5S. The molecule has 1 aliphatic heterocycles. The third-order valence-corrected chi connectivity index (χ3v) is 5.15. The third kappa shape index (κ3) is 3.47. The number of piperidine rings is 1. The van der Waals surface area contributed by atoms with Crippen LogP contribution in [0.25, 0.3) is 0 Å². The summed E-state index contributed by atoms with van der Waals surface area (Å²) in [5.74, 6) is -1.59. The van der Waals surface area contributed by atoms with Crippen LogP contribution in [0, 0.1) is 0 Å². The Kier molecular flexibility index (Phi) is 4.88. The number of carbonyl (C=O) groups is 2. The minimum Gasteiger partial charge on any atom is -0.480 e. The molecule has 7 nitrogen and oxygen atoms in total. The van der Waals surface area contributed by atoms with Crippen LogP contribution < -0.4 is 5.14 Å². The number of likely N-dealkylation sites (tertiary alicyclic amines) is 1. The fraction of sp³-hybridized carbons (Fsp3) is 0.385. The molecule has 1 atom stereocenters.